The van der Waals surface area contributed by atoms with Crippen molar-refractivity contribution in [1.82, 2.24) is 0 Å². The molecule has 0 saturated heterocycles. The number of carbonyl (C=O) groups excluding carboxylic acids is 2. The first-order valence-electron chi connectivity index (χ1n) is 6.86. The number of furan rings is 1. The van der Waals surface area contributed by atoms with Crippen molar-refractivity contribution in [3.8, 4) is 0 Å². The molecular weight excluding hydrogens is 302 g/mol. The van der Waals surface area contributed by atoms with E-state index >= 15 is 0 Å². The van der Waals surface area contributed by atoms with E-state index in [-0.39, 0.29) is 11.5 Å². The second kappa shape index (κ2) is 6.43. The fraction of sp³-hybridized carbons (Fsp3) is 0.250. The van der Waals surface area contributed by atoms with Gasteiger partial charge in [0.05, 0.1) is 6.07 Å². The maximum Gasteiger partial charge on any atom is 0.433 e. The Bertz CT molecular complexity index is 777. The largest absolute Gasteiger partial charge is 0.448 e. The summed E-state index contributed by atoms with van der Waals surface area (Å²) in [6.45, 7) is 5.24. The van der Waals surface area contributed by atoms with Gasteiger partial charge in [-0.3, -0.25) is 14.9 Å². The van der Waals surface area contributed by atoms with Crippen molar-refractivity contribution in [3.05, 3.63) is 62.9 Å². The summed E-state index contributed by atoms with van der Waals surface area (Å²) in [6.07, 6.45) is -1.03. The molecule has 0 spiro atoms. The highest BCUT2D eigenvalue weighted by atomic mass is 16.7. The summed E-state index contributed by atoms with van der Waals surface area (Å²) in [7, 11) is 0. The molecule has 120 valence electrons. The Labute approximate surface area is 132 Å². The van der Waals surface area contributed by atoms with Crippen LogP contribution in [0.2, 0.25) is 0 Å². The fourth-order valence-electron chi connectivity index (χ4n) is 1.94. The van der Waals surface area contributed by atoms with Crippen molar-refractivity contribution in [1.29, 1.82) is 0 Å². The number of Topliss-reactive ketones (excluding diaryl/α,β-unsaturated/α-hetero) is 1. The third-order valence-electron chi connectivity index (χ3n) is 3.42. The predicted octanol–water partition coefficient (Wildman–Crippen LogP) is 3.23. The van der Waals surface area contributed by atoms with Crippen LogP contribution in [0, 0.1) is 24.0 Å². The van der Waals surface area contributed by atoms with Crippen LogP contribution in [0.1, 0.15) is 39.0 Å². The number of nitro groups is 1. The summed E-state index contributed by atoms with van der Waals surface area (Å²) in [6, 6.07) is 7.37. The third-order valence-corrected chi connectivity index (χ3v) is 3.42. The quantitative estimate of drug-likeness (QED) is 0.363. The standard InChI is InChI=1S/C16H15NO6/c1-9-4-5-12(8-10(9)2)15(18)11(3)22-16(19)13-6-7-14(23-13)17(20)21/h4-8,11H,1-3H3. The highest BCUT2D eigenvalue weighted by Crippen LogP contribution is 2.18. The van der Waals surface area contributed by atoms with Gasteiger partial charge in [-0.05, 0) is 44.0 Å². The molecule has 1 unspecified atom stereocenters. The maximum atomic E-state index is 12.3. The van der Waals surface area contributed by atoms with Gasteiger partial charge in [0.15, 0.2) is 6.10 Å². The SMILES string of the molecule is Cc1ccc(C(=O)C(C)OC(=O)c2ccc([N+](=O)[O-])o2)cc1C. The Morgan fingerprint density at radius 3 is 2.43 bits per heavy atom. The normalized spacial score (nSPS) is 11.8. The number of carbonyl (C=O) groups is 2. The summed E-state index contributed by atoms with van der Waals surface area (Å²) >= 11 is 0. The van der Waals surface area contributed by atoms with E-state index < -0.39 is 22.9 Å². The average molecular weight is 317 g/mol. The highest BCUT2D eigenvalue weighted by molar-refractivity contribution is 6.01. The molecule has 0 bridgehead atoms. The third kappa shape index (κ3) is 3.63. The van der Waals surface area contributed by atoms with Crippen LogP contribution in [0.3, 0.4) is 0 Å². The van der Waals surface area contributed by atoms with Crippen molar-refractivity contribution < 1.29 is 23.7 Å². The molecule has 0 aliphatic carbocycles. The lowest BCUT2D eigenvalue weighted by molar-refractivity contribution is -0.402. The first-order chi connectivity index (χ1) is 10.8. The number of aryl methyl sites for hydroxylation is 2. The molecule has 7 nitrogen and oxygen atoms in total. The zero-order valence-corrected chi connectivity index (χ0v) is 12.9. The molecule has 2 rings (SSSR count). The van der Waals surface area contributed by atoms with Gasteiger partial charge in [0, 0.05) is 5.56 Å². The number of esters is 1. The fourth-order valence-corrected chi connectivity index (χ4v) is 1.94. The molecule has 1 atom stereocenters. The number of hydrogen-bond acceptors (Lipinski definition) is 6. The minimum atomic E-state index is -1.03. The topological polar surface area (TPSA) is 99.7 Å². The Morgan fingerprint density at radius 2 is 1.87 bits per heavy atom. The van der Waals surface area contributed by atoms with E-state index in [9.17, 15) is 19.7 Å². The molecule has 0 saturated carbocycles. The van der Waals surface area contributed by atoms with Crippen LogP contribution < -0.4 is 0 Å². The van der Waals surface area contributed by atoms with Gasteiger partial charge in [0.1, 0.15) is 4.92 Å². The Balaban J connectivity index is 2.09. The summed E-state index contributed by atoms with van der Waals surface area (Å²) < 4.78 is 9.75. The Hall–Kier alpha value is -2.96. The molecule has 0 aliphatic rings. The summed E-state index contributed by atoms with van der Waals surface area (Å²) in [5.41, 5.74) is 2.43. The molecule has 1 aromatic heterocycles. The van der Waals surface area contributed by atoms with E-state index in [1.165, 1.54) is 6.92 Å². The summed E-state index contributed by atoms with van der Waals surface area (Å²) in [4.78, 5) is 33.9. The first-order valence-corrected chi connectivity index (χ1v) is 6.86. The minimum Gasteiger partial charge on any atom is -0.448 e. The second-order valence-electron chi connectivity index (χ2n) is 5.11. The second-order valence-corrected chi connectivity index (χ2v) is 5.11. The molecule has 0 N–H and O–H groups in total. The van der Waals surface area contributed by atoms with Crippen LogP contribution in [0.4, 0.5) is 5.88 Å². The maximum absolute atomic E-state index is 12.3. The van der Waals surface area contributed by atoms with Gasteiger partial charge in [-0.15, -0.1) is 0 Å². The zero-order chi connectivity index (χ0) is 17.1. The summed E-state index contributed by atoms with van der Waals surface area (Å²) in [5.74, 6) is -2.17. The van der Waals surface area contributed by atoms with Crippen molar-refractivity contribution in [2.45, 2.75) is 26.9 Å². The van der Waals surface area contributed by atoms with E-state index in [1.54, 1.807) is 12.1 Å². The zero-order valence-electron chi connectivity index (χ0n) is 12.9. The lowest BCUT2D eigenvalue weighted by Gasteiger charge is -2.12. The van der Waals surface area contributed by atoms with Crippen molar-refractivity contribution >= 4 is 17.6 Å². The van der Waals surface area contributed by atoms with Crippen LogP contribution in [0.5, 0.6) is 0 Å². The number of ketones is 1. The van der Waals surface area contributed by atoms with Crippen LogP contribution in [0.25, 0.3) is 0 Å². The summed E-state index contributed by atoms with van der Waals surface area (Å²) in [5, 5.41) is 10.5. The van der Waals surface area contributed by atoms with E-state index in [2.05, 4.69) is 0 Å². The molecule has 1 heterocycles. The molecule has 7 heteroatoms. The van der Waals surface area contributed by atoms with Crippen LogP contribution in [0.15, 0.2) is 34.7 Å². The Kier molecular flexibility index (Phi) is 4.59. The monoisotopic (exact) mass is 317 g/mol. The first kappa shape index (κ1) is 16.4. The minimum absolute atomic E-state index is 0.323. The predicted molar refractivity (Wildman–Crippen MR) is 80.5 cm³/mol. The van der Waals surface area contributed by atoms with Gasteiger partial charge in [-0.25, -0.2) is 4.79 Å². The number of hydrogen-bond donors (Lipinski definition) is 0. The highest BCUT2D eigenvalue weighted by Gasteiger charge is 2.24. The van der Waals surface area contributed by atoms with E-state index in [0.717, 1.165) is 23.3 Å². The van der Waals surface area contributed by atoms with Crippen LogP contribution >= 0.6 is 0 Å². The van der Waals surface area contributed by atoms with E-state index in [4.69, 9.17) is 9.15 Å². The van der Waals surface area contributed by atoms with Gasteiger partial charge in [-0.1, -0.05) is 12.1 Å². The van der Waals surface area contributed by atoms with Gasteiger partial charge < -0.3 is 9.15 Å². The molecular formula is C16H15NO6. The lowest BCUT2D eigenvalue weighted by Crippen LogP contribution is -2.24. The molecule has 0 amide bonds. The molecule has 0 aliphatic heterocycles. The van der Waals surface area contributed by atoms with Crippen molar-refractivity contribution in [2.24, 2.45) is 0 Å². The van der Waals surface area contributed by atoms with Gasteiger partial charge >= 0.3 is 11.9 Å². The van der Waals surface area contributed by atoms with Gasteiger partial charge in [0.25, 0.3) is 0 Å². The average Bonchev–Trinajstić information content (AvgIpc) is 2.99. The number of nitrogens with zero attached hydrogens (tertiary/aromatic N) is 1. The molecule has 2 aromatic rings. The van der Waals surface area contributed by atoms with E-state index in [1.807, 2.05) is 19.9 Å². The van der Waals surface area contributed by atoms with Crippen LogP contribution in [-0.2, 0) is 4.74 Å². The van der Waals surface area contributed by atoms with Gasteiger partial charge in [0.2, 0.25) is 11.5 Å². The number of rotatable bonds is 5. The van der Waals surface area contributed by atoms with Gasteiger partial charge in [-0.2, -0.15) is 0 Å². The van der Waals surface area contributed by atoms with E-state index in [0.29, 0.717) is 5.56 Å². The van der Waals surface area contributed by atoms with Crippen molar-refractivity contribution in [3.63, 3.8) is 0 Å². The number of ether oxygens (including phenoxy) is 1. The molecule has 23 heavy (non-hydrogen) atoms. The molecule has 0 radical (unpaired) electrons. The molecule has 1 aromatic carbocycles. The molecule has 0 fully saturated rings. The Morgan fingerprint density at radius 1 is 1.17 bits per heavy atom. The number of benzene rings is 1. The van der Waals surface area contributed by atoms with Crippen molar-refractivity contribution in [2.75, 3.05) is 0 Å². The lowest BCUT2D eigenvalue weighted by atomic mass is 10.0. The smallest absolute Gasteiger partial charge is 0.433 e. The van der Waals surface area contributed by atoms with Crippen LogP contribution in [-0.4, -0.2) is 22.8 Å².